The molecule has 1 N–H and O–H groups in total. The van der Waals surface area contributed by atoms with Crippen molar-refractivity contribution in [1.29, 1.82) is 0 Å². The smallest absolute Gasteiger partial charge is 0.475 e. The number of likely N-dealkylation sites (tertiary alicyclic amines) is 1. The van der Waals surface area contributed by atoms with Gasteiger partial charge in [-0.3, -0.25) is 9.59 Å². The van der Waals surface area contributed by atoms with Crippen LogP contribution in [0.15, 0.2) is 48.5 Å². The maximum atomic E-state index is 12.7. The number of anilines is 1. The number of para-hydroxylation sites is 1. The number of nitrogens with zero attached hydrogens (tertiary/aromatic N) is 3. The Bertz CT molecular complexity index is 1010. The molecule has 170 valence electrons. The van der Waals surface area contributed by atoms with Crippen molar-refractivity contribution < 1.29 is 32.7 Å². The molecule has 1 atom stereocenters. The van der Waals surface area contributed by atoms with Crippen molar-refractivity contribution in [3.63, 3.8) is 0 Å². The zero-order valence-corrected chi connectivity index (χ0v) is 17.3. The highest BCUT2D eigenvalue weighted by Gasteiger charge is 2.49. The molecule has 1 aromatic carbocycles. The minimum absolute atomic E-state index is 0.0359. The number of aryl methyl sites for hydroxylation is 1. The fraction of sp³-hybridized carbons (Fsp3) is 0.364. The van der Waals surface area contributed by atoms with Crippen LogP contribution in [-0.4, -0.2) is 58.6 Å². The van der Waals surface area contributed by atoms with Crippen molar-refractivity contribution in [2.24, 2.45) is 5.41 Å². The van der Waals surface area contributed by atoms with Gasteiger partial charge >= 0.3 is 12.1 Å². The van der Waals surface area contributed by atoms with E-state index in [0.717, 1.165) is 17.8 Å². The Labute approximate surface area is 182 Å². The number of hydrogen-bond acceptors (Lipinski definition) is 4. The molecule has 0 radical (unpaired) electrons. The van der Waals surface area contributed by atoms with Crippen LogP contribution < -0.4 is 4.90 Å². The maximum absolute atomic E-state index is 12.7. The molecule has 2 saturated heterocycles. The third-order valence-corrected chi connectivity index (χ3v) is 5.46. The third kappa shape index (κ3) is 5.24. The molecule has 32 heavy (non-hydrogen) atoms. The van der Waals surface area contributed by atoms with E-state index in [2.05, 4.69) is 4.98 Å². The molecule has 2 amide bonds. The van der Waals surface area contributed by atoms with Gasteiger partial charge in [-0.05, 0) is 37.6 Å². The molecule has 2 aliphatic heterocycles. The lowest BCUT2D eigenvalue weighted by Gasteiger charge is -2.24. The molecular formula is C22H22F3N3O4. The van der Waals surface area contributed by atoms with E-state index in [4.69, 9.17) is 9.90 Å². The average molecular weight is 449 g/mol. The first-order chi connectivity index (χ1) is 15.0. The second-order valence-electron chi connectivity index (χ2n) is 7.94. The molecule has 7 nitrogen and oxygen atoms in total. The van der Waals surface area contributed by atoms with Crippen LogP contribution in [0.4, 0.5) is 18.9 Å². The monoisotopic (exact) mass is 449 g/mol. The van der Waals surface area contributed by atoms with Crippen LogP contribution in [0, 0.1) is 12.3 Å². The summed E-state index contributed by atoms with van der Waals surface area (Å²) < 4.78 is 31.7. The number of carboxylic acid groups (broad SMARTS) is 1. The van der Waals surface area contributed by atoms with E-state index in [1.165, 1.54) is 0 Å². The topological polar surface area (TPSA) is 90.8 Å². The van der Waals surface area contributed by atoms with Crippen LogP contribution in [0.3, 0.4) is 0 Å². The number of carbonyl (C=O) groups is 3. The summed E-state index contributed by atoms with van der Waals surface area (Å²) in [7, 11) is 0. The fourth-order valence-corrected chi connectivity index (χ4v) is 3.94. The molecule has 2 fully saturated rings. The maximum Gasteiger partial charge on any atom is 0.490 e. The van der Waals surface area contributed by atoms with Crippen LogP contribution >= 0.6 is 0 Å². The number of alkyl halides is 3. The van der Waals surface area contributed by atoms with Gasteiger partial charge in [0.15, 0.2) is 0 Å². The fourth-order valence-electron chi connectivity index (χ4n) is 3.94. The van der Waals surface area contributed by atoms with Crippen molar-refractivity contribution in [2.45, 2.75) is 25.9 Å². The zero-order chi connectivity index (χ0) is 23.5. The van der Waals surface area contributed by atoms with E-state index in [-0.39, 0.29) is 17.2 Å². The van der Waals surface area contributed by atoms with Crippen LogP contribution in [0.1, 0.15) is 29.0 Å². The van der Waals surface area contributed by atoms with Crippen LogP contribution in [0.25, 0.3) is 0 Å². The van der Waals surface area contributed by atoms with Crippen molar-refractivity contribution in [1.82, 2.24) is 9.88 Å². The summed E-state index contributed by atoms with van der Waals surface area (Å²) in [4.78, 5) is 42.2. The van der Waals surface area contributed by atoms with E-state index >= 15 is 0 Å². The molecule has 10 heteroatoms. The van der Waals surface area contributed by atoms with E-state index in [9.17, 15) is 22.8 Å². The number of carbonyl (C=O) groups excluding carboxylic acids is 2. The highest BCUT2D eigenvalue weighted by molar-refractivity contribution is 5.97. The number of aromatic nitrogens is 1. The molecule has 1 aromatic heterocycles. The predicted octanol–water partition coefficient (Wildman–Crippen LogP) is 3.29. The van der Waals surface area contributed by atoms with Gasteiger partial charge in [-0.15, -0.1) is 0 Å². The molecule has 4 rings (SSSR count). The van der Waals surface area contributed by atoms with Gasteiger partial charge in [-0.1, -0.05) is 24.3 Å². The zero-order valence-electron chi connectivity index (χ0n) is 17.3. The van der Waals surface area contributed by atoms with Gasteiger partial charge < -0.3 is 14.9 Å². The van der Waals surface area contributed by atoms with Crippen molar-refractivity contribution in [3.8, 4) is 0 Å². The molecule has 0 bridgehead atoms. The molecule has 0 aliphatic carbocycles. The van der Waals surface area contributed by atoms with Crippen molar-refractivity contribution in [2.75, 3.05) is 24.5 Å². The molecule has 3 heterocycles. The normalized spacial score (nSPS) is 20.3. The number of rotatable bonds is 2. The lowest BCUT2D eigenvalue weighted by atomic mass is 9.86. The number of hydrogen-bond donors (Lipinski definition) is 1. The van der Waals surface area contributed by atoms with E-state index in [0.29, 0.717) is 31.7 Å². The highest BCUT2D eigenvalue weighted by atomic mass is 19.4. The highest BCUT2D eigenvalue weighted by Crippen LogP contribution is 2.42. The van der Waals surface area contributed by atoms with Gasteiger partial charge in [0, 0.05) is 42.9 Å². The number of carboxylic acids is 1. The summed E-state index contributed by atoms with van der Waals surface area (Å²) in [5.41, 5.74) is 2.13. The van der Waals surface area contributed by atoms with Crippen LogP contribution in [0.5, 0.6) is 0 Å². The minimum Gasteiger partial charge on any atom is -0.475 e. The van der Waals surface area contributed by atoms with Gasteiger partial charge in [-0.25, -0.2) is 9.78 Å². The van der Waals surface area contributed by atoms with E-state index in [1.54, 1.807) is 6.07 Å². The third-order valence-electron chi connectivity index (χ3n) is 5.46. The Morgan fingerprint density at radius 1 is 1.06 bits per heavy atom. The number of aliphatic carboxylic acids is 1. The van der Waals surface area contributed by atoms with Gasteiger partial charge in [0.25, 0.3) is 5.91 Å². The lowest BCUT2D eigenvalue weighted by Crippen LogP contribution is -2.34. The van der Waals surface area contributed by atoms with Crippen LogP contribution in [-0.2, 0) is 9.59 Å². The Kier molecular flexibility index (Phi) is 6.52. The largest absolute Gasteiger partial charge is 0.490 e. The molecule has 2 aliphatic rings. The Morgan fingerprint density at radius 2 is 1.72 bits per heavy atom. The Morgan fingerprint density at radius 3 is 2.31 bits per heavy atom. The Balaban J connectivity index is 0.000000360. The first-order valence-corrected chi connectivity index (χ1v) is 9.89. The van der Waals surface area contributed by atoms with E-state index < -0.39 is 12.1 Å². The Hall–Kier alpha value is -3.43. The van der Waals surface area contributed by atoms with Crippen LogP contribution in [0.2, 0.25) is 0 Å². The summed E-state index contributed by atoms with van der Waals surface area (Å²) in [6.07, 6.45) is -3.72. The molecular weight excluding hydrogens is 427 g/mol. The van der Waals surface area contributed by atoms with E-state index in [1.807, 2.05) is 59.2 Å². The summed E-state index contributed by atoms with van der Waals surface area (Å²) in [6, 6.07) is 15.3. The molecule has 1 unspecified atom stereocenters. The standard InChI is InChI=1S/C20H21N3O2.C2HF3O2/c1-15-6-5-9-17(21-15)19(25)22-11-10-20(13-22)12-18(24)23(14-20)16-7-3-2-4-8-16;3-2(4,5)1(6)7/h2-9H,10-14H2,1H3;(H,6,7). The number of benzene rings is 1. The van der Waals surface area contributed by atoms with Gasteiger partial charge in [0.05, 0.1) is 0 Å². The lowest BCUT2D eigenvalue weighted by molar-refractivity contribution is -0.192. The summed E-state index contributed by atoms with van der Waals surface area (Å²) in [5, 5.41) is 7.12. The second-order valence-corrected chi connectivity index (χ2v) is 7.94. The molecule has 2 aromatic rings. The number of halogens is 3. The van der Waals surface area contributed by atoms with Gasteiger partial charge in [0.2, 0.25) is 5.91 Å². The van der Waals surface area contributed by atoms with Gasteiger partial charge in [-0.2, -0.15) is 13.2 Å². The number of pyridine rings is 1. The summed E-state index contributed by atoms with van der Waals surface area (Å²) in [5.74, 6) is -2.65. The van der Waals surface area contributed by atoms with Crippen molar-refractivity contribution >= 4 is 23.5 Å². The molecule has 1 spiro atoms. The SMILES string of the molecule is Cc1cccc(C(=O)N2CCC3(CC(=O)N(c4ccccc4)C3)C2)n1.O=C(O)C(F)(F)F. The number of amides is 2. The second kappa shape index (κ2) is 8.97. The summed E-state index contributed by atoms with van der Waals surface area (Å²) in [6.45, 7) is 3.87. The first kappa shape index (κ1) is 23.2. The van der Waals surface area contributed by atoms with Gasteiger partial charge in [0.1, 0.15) is 5.69 Å². The molecule has 0 saturated carbocycles. The minimum atomic E-state index is -5.08. The first-order valence-electron chi connectivity index (χ1n) is 9.89. The summed E-state index contributed by atoms with van der Waals surface area (Å²) >= 11 is 0. The quantitative estimate of drug-likeness (QED) is 0.760. The van der Waals surface area contributed by atoms with Crippen molar-refractivity contribution in [3.05, 3.63) is 59.9 Å². The predicted molar refractivity (Wildman–Crippen MR) is 109 cm³/mol. The average Bonchev–Trinajstić information content (AvgIpc) is 3.30.